The molecule has 33 heavy (non-hydrogen) atoms. The van der Waals surface area contributed by atoms with E-state index < -0.39 is 11.9 Å². The summed E-state index contributed by atoms with van der Waals surface area (Å²) in [6.07, 6.45) is 2.17. The number of fused-ring (bicyclic) bond motifs is 3. The molecule has 0 amide bonds. The van der Waals surface area contributed by atoms with Crippen LogP contribution < -0.4 is 18.9 Å². The van der Waals surface area contributed by atoms with Crippen LogP contribution in [-0.2, 0) is 9.59 Å². The molecule has 0 atom stereocenters. The van der Waals surface area contributed by atoms with Gasteiger partial charge in [0.25, 0.3) is 0 Å². The topological polar surface area (TPSA) is 84.2 Å². The van der Waals surface area contributed by atoms with Crippen LogP contribution in [0.3, 0.4) is 0 Å². The van der Waals surface area contributed by atoms with Crippen molar-refractivity contribution in [3.8, 4) is 34.1 Å². The monoisotopic (exact) mass is 444 g/mol. The maximum Gasteiger partial charge on any atom is 0.335 e. The van der Waals surface area contributed by atoms with E-state index in [1.165, 1.54) is 7.11 Å². The number of ether oxygens (including phenoxy) is 4. The highest BCUT2D eigenvalue weighted by Gasteiger charge is 2.21. The van der Waals surface area contributed by atoms with E-state index in [0.717, 1.165) is 34.1 Å². The van der Waals surface area contributed by atoms with E-state index in [1.807, 2.05) is 24.3 Å². The molecule has 0 unspecified atom stereocenters. The lowest BCUT2D eigenvalue weighted by Gasteiger charge is -2.10. The van der Waals surface area contributed by atoms with Crippen LogP contribution in [0.15, 0.2) is 78.3 Å². The lowest BCUT2D eigenvalue weighted by atomic mass is 10.0. The third-order valence-corrected chi connectivity index (χ3v) is 5.02. The third-order valence-electron chi connectivity index (χ3n) is 5.02. The van der Waals surface area contributed by atoms with E-state index in [1.54, 1.807) is 31.4 Å². The second-order valence-corrected chi connectivity index (χ2v) is 6.87. The normalized spacial score (nSPS) is 10.6. The number of esters is 2. The van der Waals surface area contributed by atoms with Gasteiger partial charge in [0.15, 0.2) is 22.7 Å². The van der Waals surface area contributed by atoms with Gasteiger partial charge < -0.3 is 23.4 Å². The Bertz CT molecular complexity index is 1390. The van der Waals surface area contributed by atoms with Gasteiger partial charge in [-0.25, -0.2) is 9.59 Å². The largest absolute Gasteiger partial charge is 0.492 e. The van der Waals surface area contributed by atoms with Gasteiger partial charge >= 0.3 is 11.9 Å². The van der Waals surface area contributed by atoms with Gasteiger partial charge in [-0.2, -0.15) is 0 Å². The van der Waals surface area contributed by atoms with Crippen molar-refractivity contribution in [2.45, 2.75) is 0 Å². The Kier molecular flexibility index (Phi) is 5.87. The van der Waals surface area contributed by atoms with Crippen LogP contribution in [-0.4, -0.2) is 26.2 Å². The first-order valence-corrected chi connectivity index (χ1v) is 9.89. The molecular formula is C26H20O7. The van der Waals surface area contributed by atoms with Crippen molar-refractivity contribution in [3.63, 3.8) is 0 Å². The van der Waals surface area contributed by atoms with Crippen LogP contribution in [0.5, 0.6) is 23.0 Å². The smallest absolute Gasteiger partial charge is 0.335 e. The molecule has 0 saturated carbocycles. The van der Waals surface area contributed by atoms with Crippen LogP contribution in [0.25, 0.3) is 33.1 Å². The highest BCUT2D eigenvalue weighted by Crippen LogP contribution is 2.46. The molecule has 0 saturated heterocycles. The molecule has 7 heteroatoms. The average Bonchev–Trinajstić information content (AvgIpc) is 3.22. The highest BCUT2D eigenvalue weighted by atomic mass is 16.6. The molecule has 7 nitrogen and oxygen atoms in total. The summed E-state index contributed by atoms with van der Waals surface area (Å²) in [4.78, 5) is 23.1. The summed E-state index contributed by atoms with van der Waals surface area (Å²) < 4.78 is 27.7. The summed E-state index contributed by atoms with van der Waals surface area (Å²) in [6.45, 7) is 6.80. The first kappa shape index (κ1) is 21.7. The lowest BCUT2D eigenvalue weighted by molar-refractivity contribution is -0.129. The van der Waals surface area contributed by atoms with Crippen LogP contribution >= 0.6 is 0 Å². The van der Waals surface area contributed by atoms with Gasteiger partial charge in [0.05, 0.1) is 14.2 Å². The van der Waals surface area contributed by atoms with Crippen LogP contribution in [0.2, 0.25) is 0 Å². The molecule has 0 aliphatic carbocycles. The predicted molar refractivity (Wildman–Crippen MR) is 124 cm³/mol. The molecule has 3 aromatic carbocycles. The Labute approximate surface area is 189 Å². The van der Waals surface area contributed by atoms with Crippen LogP contribution in [0.4, 0.5) is 0 Å². The van der Waals surface area contributed by atoms with E-state index in [0.29, 0.717) is 22.7 Å². The summed E-state index contributed by atoms with van der Waals surface area (Å²) in [5.74, 6) is 0.292. The minimum Gasteiger partial charge on any atom is -0.492 e. The number of methoxy groups -OCH3 is 2. The Hall–Kier alpha value is -4.52. The molecule has 1 aromatic heterocycles. The van der Waals surface area contributed by atoms with E-state index in [4.69, 9.17) is 23.4 Å². The van der Waals surface area contributed by atoms with Gasteiger partial charge in [0.1, 0.15) is 5.75 Å². The number of carbonyl (C=O) groups is 2. The number of furan rings is 1. The van der Waals surface area contributed by atoms with Gasteiger partial charge in [0, 0.05) is 28.5 Å². The second kappa shape index (κ2) is 8.92. The van der Waals surface area contributed by atoms with Crippen molar-refractivity contribution in [3.05, 3.63) is 73.8 Å². The Balaban J connectivity index is 1.84. The molecule has 1 heterocycles. The van der Waals surface area contributed by atoms with Gasteiger partial charge in [-0.3, -0.25) is 0 Å². The SMILES string of the molecule is C=CC(=O)Oc1ccc(-c2ccc3c(oc4c(OC)c(OC(=O)C=C)ccc43)c2OC)cc1. The Morgan fingerprint density at radius 3 is 1.94 bits per heavy atom. The van der Waals surface area contributed by atoms with Gasteiger partial charge in [-0.15, -0.1) is 0 Å². The number of benzene rings is 3. The summed E-state index contributed by atoms with van der Waals surface area (Å²) in [5.41, 5.74) is 2.55. The maximum absolute atomic E-state index is 11.7. The molecule has 0 bridgehead atoms. The summed E-state index contributed by atoms with van der Waals surface area (Å²) in [6, 6.07) is 14.2. The first-order valence-electron chi connectivity index (χ1n) is 9.89. The highest BCUT2D eigenvalue weighted by molar-refractivity contribution is 6.11. The van der Waals surface area contributed by atoms with E-state index in [2.05, 4.69) is 13.2 Å². The molecule has 0 N–H and O–H groups in total. The summed E-state index contributed by atoms with van der Waals surface area (Å²) in [7, 11) is 3.02. The molecule has 0 fully saturated rings. The molecule has 0 radical (unpaired) electrons. The van der Waals surface area contributed by atoms with Gasteiger partial charge in [-0.1, -0.05) is 25.3 Å². The van der Waals surface area contributed by atoms with E-state index in [9.17, 15) is 9.59 Å². The van der Waals surface area contributed by atoms with E-state index in [-0.39, 0.29) is 11.5 Å². The van der Waals surface area contributed by atoms with Crippen molar-refractivity contribution < 1.29 is 33.0 Å². The molecule has 4 aromatic rings. The zero-order valence-electron chi connectivity index (χ0n) is 18.0. The zero-order chi connectivity index (χ0) is 23.5. The molecule has 4 rings (SSSR count). The van der Waals surface area contributed by atoms with Crippen molar-refractivity contribution in [1.29, 1.82) is 0 Å². The minimum atomic E-state index is -0.606. The predicted octanol–water partition coefficient (Wildman–Crippen LogP) is 5.45. The third kappa shape index (κ3) is 3.92. The van der Waals surface area contributed by atoms with Crippen molar-refractivity contribution in [2.24, 2.45) is 0 Å². The average molecular weight is 444 g/mol. The molecular weight excluding hydrogens is 424 g/mol. The molecule has 166 valence electrons. The van der Waals surface area contributed by atoms with Crippen molar-refractivity contribution in [1.82, 2.24) is 0 Å². The first-order chi connectivity index (χ1) is 16.0. The fourth-order valence-electron chi connectivity index (χ4n) is 3.55. The Morgan fingerprint density at radius 2 is 1.33 bits per heavy atom. The lowest BCUT2D eigenvalue weighted by Crippen LogP contribution is -2.04. The number of hydrogen-bond acceptors (Lipinski definition) is 7. The zero-order valence-corrected chi connectivity index (χ0v) is 18.0. The molecule has 0 spiro atoms. The van der Waals surface area contributed by atoms with Crippen LogP contribution in [0.1, 0.15) is 0 Å². The van der Waals surface area contributed by atoms with E-state index >= 15 is 0 Å². The van der Waals surface area contributed by atoms with Gasteiger partial charge in [0.2, 0.25) is 5.75 Å². The second-order valence-electron chi connectivity index (χ2n) is 6.87. The number of hydrogen-bond donors (Lipinski definition) is 0. The number of rotatable bonds is 7. The quantitative estimate of drug-likeness (QED) is 0.213. The summed E-state index contributed by atoms with van der Waals surface area (Å²) in [5, 5.41) is 1.58. The van der Waals surface area contributed by atoms with Crippen molar-refractivity contribution >= 4 is 33.9 Å². The van der Waals surface area contributed by atoms with Gasteiger partial charge in [-0.05, 0) is 42.0 Å². The Morgan fingerprint density at radius 1 is 0.758 bits per heavy atom. The molecule has 0 aliphatic heterocycles. The molecule has 0 aliphatic rings. The van der Waals surface area contributed by atoms with Crippen molar-refractivity contribution in [2.75, 3.05) is 14.2 Å². The minimum absolute atomic E-state index is 0.220. The fourth-order valence-corrected chi connectivity index (χ4v) is 3.55. The number of carbonyl (C=O) groups excluding carboxylic acids is 2. The maximum atomic E-state index is 11.7. The standard InChI is InChI=1S/C26H20O7/c1-5-21(27)31-16-9-7-15(8-10-16)17-11-12-18-19-13-14-20(32-22(28)6-2)26(30-4)25(19)33-24(18)23(17)29-3/h5-14H,1-2H2,3-4H3. The summed E-state index contributed by atoms with van der Waals surface area (Å²) >= 11 is 0. The van der Waals surface area contributed by atoms with Crippen LogP contribution in [0, 0.1) is 0 Å². The fraction of sp³-hybridized carbons (Fsp3) is 0.0769.